The van der Waals surface area contributed by atoms with E-state index in [-0.39, 0.29) is 28.5 Å². The number of hydrogen-bond acceptors (Lipinski definition) is 2. The van der Waals surface area contributed by atoms with E-state index in [2.05, 4.69) is 49.9 Å². The van der Waals surface area contributed by atoms with Gasteiger partial charge < -0.3 is 17.6 Å². The van der Waals surface area contributed by atoms with Crippen LogP contribution in [-0.2, 0) is 21.1 Å². The topological polar surface area (TPSA) is 17.3 Å². The summed E-state index contributed by atoms with van der Waals surface area (Å²) in [6.07, 6.45) is 5.41. The number of rotatable bonds is 6. The molecule has 0 amide bonds. The van der Waals surface area contributed by atoms with Gasteiger partial charge in [0, 0.05) is 11.3 Å². The van der Waals surface area contributed by atoms with Crippen molar-refractivity contribution in [1.29, 1.82) is 0 Å². The second kappa shape index (κ2) is 10.7. The molecule has 1 fully saturated rings. The van der Waals surface area contributed by atoms with Crippen molar-refractivity contribution in [2.24, 2.45) is 5.92 Å². The predicted molar refractivity (Wildman–Crippen MR) is 86.5 cm³/mol. The molecule has 1 rings (SSSR count). The van der Waals surface area contributed by atoms with Gasteiger partial charge in [-0.1, -0.05) is 25.7 Å². The maximum absolute atomic E-state index is 4.41. The van der Waals surface area contributed by atoms with E-state index < -0.39 is 0 Å². The van der Waals surface area contributed by atoms with Crippen LogP contribution in [0.5, 0.6) is 0 Å². The van der Waals surface area contributed by atoms with Crippen molar-refractivity contribution in [2.45, 2.75) is 51.1 Å². The molecule has 0 aromatic carbocycles. The summed E-state index contributed by atoms with van der Waals surface area (Å²) in [5.74, 6) is 3.52. The van der Waals surface area contributed by atoms with E-state index in [9.17, 15) is 0 Å². The Morgan fingerprint density at radius 1 is 1.16 bits per heavy atom. The molecule has 0 heterocycles. The molecule has 1 aliphatic carbocycles. The largest absolute Gasteiger partial charge is 2.00 e. The summed E-state index contributed by atoms with van der Waals surface area (Å²) in [5.41, 5.74) is 0.320. The van der Waals surface area contributed by atoms with Crippen LogP contribution in [0, 0.1) is 13.3 Å². The van der Waals surface area contributed by atoms with Crippen LogP contribution < -0.4 is 0 Å². The first-order valence-electron chi connectivity index (χ1n) is 6.80. The fourth-order valence-corrected chi connectivity index (χ4v) is 3.72. The standard InChI is InChI=1S/C14H29N2S.CH3.W/c1-14(2,16(4)5)11-17-10-12-6-8-13(15-3)9-7-12;;/h12-13H,6-11H2,1-5H3;1H3;/q2*-1;+2. The minimum atomic E-state index is 0. The van der Waals surface area contributed by atoms with Crippen LogP contribution in [0.2, 0.25) is 0 Å². The molecule has 0 radical (unpaired) electrons. The molecule has 0 unspecified atom stereocenters. The van der Waals surface area contributed by atoms with E-state index in [1.807, 2.05) is 7.05 Å². The van der Waals surface area contributed by atoms with Crippen molar-refractivity contribution in [3.63, 3.8) is 0 Å². The predicted octanol–water partition coefficient (Wildman–Crippen LogP) is 4.07. The van der Waals surface area contributed by atoms with Crippen molar-refractivity contribution < 1.29 is 21.1 Å². The van der Waals surface area contributed by atoms with Crippen LogP contribution in [0.3, 0.4) is 0 Å². The zero-order valence-electron chi connectivity index (χ0n) is 13.6. The molecule has 114 valence electrons. The molecule has 0 aromatic rings. The van der Waals surface area contributed by atoms with Gasteiger partial charge in [0.15, 0.2) is 0 Å². The first-order chi connectivity index (χ1) is 7.95. The number of hydrogen-bond donors (Lipinski definition) is 0. The third kappa shape index (κ3) is 8.09. The van der Waals surface area contributed by atoms with Gasteiger partial charge in [-0.05, 0) is 39.6 Å². The number of nitrogens with zero attached hydrogens (tertiary/aromatic N) is 2. The molecule has 1 saturated carbocycles. The van der Waals surface area contributed by atoms with Gasteiger partial charge in [0.25, 0.3) is 0 Å². The van der Waals surface area contributed by atoms with Crippen molar-refractivity contribution >= 4 is 11.8 Å². The summed E-state index contributed by atoms with van der Waals surface area (Å²) in [6.45, 7) is 4.65. The molecule has 0 saturated heterocycles. The fraction of sp³-hybridized carbons (Fsp3) is 0.933. The van der Waals surface area contributed by atoms with Gasteiger partial charge in [-0.25, -0.2) is 0 Å². The Morgan fingerprint density at radius 2 is 1.68 bits per heavy atom. The van der Waals surface area contributed by atoms with Gasteiger partial charge in [0.2, 0.25) is 0 Å². The van der Waals surface area contributed by atoms with E-state index in [4.69, 9.17) is 0 Å². The van der Waals surface area contributed by atoms with E-state index in [0.29, 0.717) is 11.6 Å². The second-order valence-electron chi connectivity index (χ2n) is 6.15. The molecule has 0 bridgehead atoms. The minimum Gasteiger partial charge on any atom is -0.662 e. The quantitative estimate of drug-likeness (QED) is 0.561. The van der Waals surface area contributed by atoms with Crippen LogP contribution in [-0.4, -0.2) is 49.1 Å². The summed E-state index contributed by atoms with van der Waals surface area (Å²) >= 11 is 2.13. The van der Waals surface area contributed by atoms with E-state index >= 15 is 0 Å². The molecule has 19 heavy (non-hydrogen) atoms. The minimum absolute atomic E-state index is 0. The smallest absolute Gasteiger partial charge is 0.662 e. The molecule has 0 aliphatic heterocycles. The molecular formula is C15H32N2SW. The first kappa shape index (κ1) is 22.2. The average Bonchev–Trinajstić information content (AvgIpc) is 2.29. The van der Waals surface area contributed by atoms with Crippen LogP contribution in [0.25, 0.3) is 5.32 Å². The molecule has 4 heteroatoms. The Kier molecular flexibility index (Phi) is 12.5. The SMILES string of the molecule is C[N-]C1CCC(CSCC(C)(C)N(C)C)CC1.[CH3-].[W+2]. The second-order valence-corrected chi connectivity index (χ2v) is 7.18. The molecule has 1 aliphatic rings. The monoisotopic (exact) mass is 456 g/mol. The Balaban J connectivity index is 0. The van der Waals surface area contributed by atoms with Gasteiger partial charge in [-0.3, -0.25) is 0 Å². The number of thioether (sulfide) groups is 1. The van der Waals surface area contributed by atoms with Crippen molar-refractivity contribution in [3.8, 4) is 0 Å². The van der Waals surface area contributed by atoms with E-state index in [0.717, 1.165) is 5.92 Å². The first-order valence-corrected chi connectivity index (χ1v) is 7.95. The van der Waals surface area contributed by atoms with Crippen LogP contribution in [0.1, 0.15) is 39.5 Å². The Bertz CT molecular complexity index is 214. The molecule has 0 spiro atoms. The van der Waals surface area contributed by atoms with Gasteiger partial charge in [-0.2, -0.15) is 18.8 Å². The third-order valence-corrected chi connectivity index (χ3v) is 5.82. The molecule has 2 nitrogen and oxygen atoms in total. The van der Waals surface area contributed by atoms with Crippen LogP contribution >= 0.6 is 11.8 Å². The summed E-state index contributed by atoms with van der Waals surface area (Å²) in [6, 6.07) is 0.662. The van der Waals surface area contributed by atoms with Gasteiger partial charge in [-0.15, -0.1) is 6.04 Å². The van der Waals surface area contributed by atoms with Crippen molar-refractivity contribution in [3.05, 3.63) is 12.7 Å². The van der Waals surface area contributed by atoms with E-state index in [1.54, 1.807) is 0 Å². The Morgan fingerprint density at radius 3 is 2.11 bits per heavy atom. The van der Waals surface area contributed by atoms with Crippen molar-refractivity contribution in [1.82, 2.24) is 4.90 Å². The zero-order chi connectivity index (χ0) is 12.9. The summed E-state index contributed by atoms with van der Waals surface area (Å²) in [7, 11) is 6.32. The van der Waals surface area contributed by atoms with Gasteiger partial charge >= 0.3 is 21.1 Å². The van der Waals surface area contributed by atoms with Crippen LogP contribution in [0.4, 0.5) is 0 Å². The van der Waals surface area contributed by atoms with Gasteiger partial charge in [0.05, 0.1) is 0 Å². The maximum atomic E-state index is 4.41. The maximum Gasteiger partial charge on any atom is 2.00 e. The Labute approximate surface area is 140 Å². The Hall–Kier alpha value is 0.958. The molecular weight excluding hydrogens is 424 g/mol. The van der Waals surface area contributed by atoms with Crippen LogP contribution in [0.15, 0.2) is 0 Å². The fourth-order valence-electron chi connectivity index (χ4n) is 2.17. The summed E-state index contributed by atoms with van der Waals surface area (Å²) in [5, 5.41) is 4.41. The zero-order valence-corrected chi connectivity index (χ0v) is 17.4. The summed E-state index contributed by atoms with van der Waals surface area (Å²) < 4.78 is 0. The molecule has 0 atom stereocenters. The van der Waals surface area contributed by atoms with E-state index in [1.165, 1.54) is 37.2 Å². The summed E-state index contributed by atoms with van der Waals surface area (Å²) in [4.78, 5) is 2.33. The normalized spacial score (nSPS) is 23.7. The molecule has 0 aromatic heterocycles. The average molecular weight is 456 g/mol. The molecule has 0 N–H and O–H groups in total. The third-order valence-electron chi connectivity index (χ3n) is 4.20. The van der Waals surface area contributed by atoms with Crippen molar-refractivity contribution in [2.75, 3.05) is 32.6 Å². The van der Waals surface area contributed by atoms with Gasteiger partial charge in [0.1, 0.15) is 0 Å².